The SMILES string of the molecule is COc1cc(C#N)c(F)cc1OCC1(CO)CN(S(=O)c2ccc(C)cc2C#N)C1. The highest BCUT2D eigenvalue weighted by Gasteiger charge is 2.46. The fourth-order valence-corrected chi connectivity index (χ4v) is 4.74. The van der Waals surface area contributed by atoms with Gasteiger partial charge >= 0.3 is 0 Å². The van der Waals surface area contributed by atoms with E-state index in [1.54, 1.807) is 28.6 Å². The number of ether oxygens (including phenoxy) is 2. The molecule has 9 heteroatoms. The van der Waals surface area contributed by atoms with E-state index in [4.69, 9.17) is 14.7 Å². The molecule has 0 spiro atoms. The van der Waals surface area contributed by atoms with Crippen LogP contribution in [0.3, 0.4) is 0 Å². The minimum Gasteiger partial charge on any atom is -0.493 e. The molecule has 156 valence electrons. The molecule has 2 aromatic rings. The number of aliphatic hydroxyl groups is 1. The Morgan fingerprint density at radius 2 is 1.90 bits per heavy atom. The number of hydrogen-bond acceptors (Lipinski definition) is 6. The number of rotatable bonds is 7. The molecule has 1 fully saturated rings. The van der Waals surface area contributed by atoms with Crippen molar-refractivity contribution in [3.8, 4) is 23.6 Å². The molecule has 0 bridgehead atoms. The molecule has 1 saturated heterocycles. The third-order valence-corrected chi connectivity index (χ3v) is 6.40. The number of methoxy groups -OCH3 is 1. The van der Waals surface area contributed by atoms with Crippen LogP contribution in [0, 0.1) is 40.8 Å². The fourth-order valence-electron chi connectivity index (χ4n) is 3.20. The molecular weight excluding hydrogens is 409 g/mol. The summed E-state index contributed by atoms with van der Waals surface area (Å²) in [6, 6.07) is 11.3. The van der Waals surface area contributed by atoms with Gasteiger partial charge in [0.25, 0.3) is 0 Å². The normalized spacial score (nSPS) is 16.1. The van der Waals surface area contributed by atoms with Crippen LogP contribution in [0.4, 0.5) is 4.39 Å². The second-order valence-corrected chi connectivity index (χ2v) is 8.65. The van der Waals surface area contributed by atoms with Gasteiger partial charge in [-0.2, -0.15) is 10.5 Å². The maximum absolute atomic E-state index is 13.9. The Labute approximate surface area is 176 Å². The molecule has 0 aromatic heterocycles. The number of nitriles is 2. The number of hydrogen-bond donors (Lipinski definition) is 1. The van der Waals surface area contributed by atoms with Crippen LogP contribution in [0.15, 0.2) is 35.2 Å². The predicted molar refractivity (Wildman–Crippen MR) is 107 cm³/mol. The summed E-state index contributed by atoms with van der Waals surface area (Å²) in [5.74, 6) is -0.406. The van der Waals surface area contributed by atoms with Crippen LogP contribution in [-0.2, 0) is 11.0 Å². The Balaban J connectivity index is 1.71. The minimum atomic E-state index is -1.55. The summed E-state index contributed by atoms with van der Waals surface area (Å²) in [5.41, 5.74) is 0.400. The zero-order valence-electron chi connectivity index (χ0n) is 16.5. The molecule has 3 rings (SSSR count). The topological polar surface area (TPSA) is 107 Å². The van der Waals surface area contributed by atoms with Gasteiger partial charge in [0.15, 0.2) is 11.5 Å². The second kappa shape index (κ2) is 8.80. The van der Waals surface area contributed by atoms with Gasteiger partial charge in [0.1, 0.15) is 28.9 Å². The number of halogens is 1. The molecule has 30 heavy (non-hydrogen) atoms. The van der Waals surface area contributed by atoms with E-state index in [0.29, 0.717) is 10.5 Å². The molecule has 1 atom stereocenters. The van der Waals surface area contributed by atoms with Crippen LogP contribution in [0.1, 0.15) is 16.7 Å². The molecule has 1 aliphatic rings. The van der Waals surface area contributed by atoms with Crippen LogP contribution in [0.2, 0.25) is 0 Å². The highest BCUT2D eigenvalue weighted by atomic mass is 32.2. The van der Waals surface area contributed by atoms with Gasteiger partial charge in [0, 0.05) is 25.2 Å². The predicted octanol–water partition coefficient (Wildman–Crippen LogP) is 2.28. The monoisotopic (exact) mass is 429 g/mol. The number of aryl methyl sites for hydroxylation is 1. The summed E-state index contributed by atoms with van der Waals surface area (Å²) >= 11 is 0. The highest BCUT2D eigenvalue weighted by Crippen LogP contribution is 2.36. The maximum Gasteiger partial charge on any atom is 0.164 e. The molecule has 7 nitrogen and oxygen atoms in total. The molecule has 1 heterocycles. The van der Waals surface area contributed by atoms with E-state index in [2.05, 4.69) is 6.07 Å². The Morgan fingerprint density at radius 1 is 1.20 bits per heavy atom. The van der Waals surface area contributed by atoms with Gasteiger partial charge in [0.2, 0.25) is 0 Å². The van der Waals surface area contributed by atoms with Crippen molar-refractivity contribution in [3.05, 3.63) is 52.8 Å². The number of benzene rings is 2. The zero-order chi connectivity index (χ0) is 21.9. The van der Waals surface area contributed by atoms with Crippen molar-refractivity contribution >= 4 is 11.0 Å². The van der Waals surface area contributed by atoms with E-state index in [1.807, 2.05) is 6.92 Å². The molecule has 0 aliphatic carbocycles. The second-order valence-electron chi connectivity index (χ2n) is 7.20. The van der Waals surface area contributed by atoms with Gasteiger partial charge in [0.05, 0.1) is 41.8 Å². The van der Waals surface area contributed by atoms with Gasteiger partial charge in [-0.3, -0.25) is 0 Å². The molecule has 0 amide bonds. The molecular formula is C21H20FN3O4S. The Morgan fingerprint density at radius 3 is 2.50 bits per heavy atom. The summed E-state index contributed by atoms with van der Waals surface area (Å²) in [6.07, 6.45) is 0. The van der Waals surface area contributed by atoms with Crippen molar-refractivity contribution in [2.24, 2.45) is 5.41 Å². The van der Waals surface area contributed by atoms with Crippen LogP contribution >= 0.6 is 0 Å². The average molecular weight is 429 g/mol. The van der Waals surface area contributed by atoms with Gasteiger partial charge in [-0.25, -0.2) is 12.9 Å². The van der Waals surface area contributed by atoms with E-state index >= 15 is 0 Å². The van der Waals surface area contributed by atoms with Crippen molar-refractivity contribution in [2.45, 2.75) is 11.8 Å². The summed E-state index contributed by atoms with van der Waals surface area (Å²) in [5, 5.41) is 28.1. The van der Waals surface area contributed by atoms with E-state index in [9.17, 15) is 19.0 Å². The minimum absolute atomic E-state index is 0.0396. The van der Waals surface area contributed by atoms with Crippen LogP contribution in [0.5, 0.6) is 11.5 Å². The third-order valence-electron chi connectivity index (χ3n) is 4.94. The Bertz CT molecular complexity index is 1070. The summed E-state index contributed by atoms with van der Waals surface area (Å²) in [7, 11) is -0.167. The number of aliphatic hydroxyl groups excluding tert-OH is 1. The largest absolute Gasteiger partial charge is 0.493 e. The van der Waals surface area contributed by atoms with Gasteiger partial charge in [-0.05, 0) is 24.6 Å². The van der Waals surface area contributed by atoms with E-state index in [0.717, 1.165) is 11.6 Å². The fraction of sp³-hybridized carbons (Fsp3) is 0.333. The van der Waals surface area contributed by atoms with E-state index in [-0.39, 0.29) is 43.4 Å². The first-order valence-corrected chi connectivity index (χ1v) is 10.2. The lowest BCUT2D eigenvalue weighted by atomic mass is 9.83. The maximum atomic E-state index is 13.9. The first kappa shape index (κ1) is 21.7. The van der Waals surface area contributed by atoms with Gasteiger partial charge in [-0.15, -0.1) is 0 Å². The summed E-state index contributed by atoms with van der Waals surface area (Å²) in [6.45, 7) is 2.22. The van der Waals surface area contributed by atoms with E-state index < -0.39 is 22.2 Å². The molecule has 0 radical (unpaired) electrons. The van der Waals surface area contributed by atoms with Gasteiger partial charge in [-0.1, -0.05) is 6.07 Å². The van der Waals surface area contributed by atoms with Gasteiger partial charge < -0.3 is 14.6 Å². The van der Waals surface area contributed by atoms with Crippen molar-refractivity contribution < 1.29 is 23.2 Å². The molecule has 0 saturated carbocycles. The lowest BCUT2D eigenvalue weighted by molar-refractivity contribution is -0.0256. The summed E-state index contributed by atoms with van der Waals surface area (Å²) in [4.78, 5) is 0.423. The molecule has 1 N–H and O–H groups in total. The quantitative estimate of drug-likeness (QED) is 0.724. The third kappa shape index (κ3) is 4.14. The van der Waals surface area contributed by atoms with Crippen LogP contribution in [-0.4, -0.2) is 47.0 Å². The lowest BCUT2D eigenvalue weighted by Crippen LogP contribution is -2.61. The first-order chi connectivity index (χ1) is 14.4. The van der Waals surface area contributed by atoms with Crippen molar-refractivity contribution in [2.75, 3.05) is 33.4 Å². The van der Waals surface area contributed by atoms with Crippen molar-refractivity contribution in [3.63, 3.8) is 0 Å². The average Bonchev–Trinajstić information content (AvgIpc) is 2.72. The molecule has 2 aromatic carbocycles. The van der Waals surface area contributed by atoms with Crippen molar-refractivity contribution in [1.82, 2.24) is 4.31 Å². The van der Waals surface area contributed by atoms with Crippen LogP contribution in [0.25, 0.3) is 0 Å². The number of nitrogens with zero attached hydrogens (tertiary/aromatic N) is 3. The molecule has 1 unspecified atom stereocenters. The molecule has 1 aliphatic heterocycles. The Kier molecular flexibility index (Phi) is 6.37. The standard InChI is InChI=1S/C21H20FN3O4S/c1-14-3-4-20(16(5-14)9-24)30(27)25-10-21(11-25,12-26)13-29-19-7-17(22)15(8-23)6-18(19)28-2/h3-7,26H,10-13H2,1-2H3. The smallest absolute Gasteiger partial charge is 0.164 e. The zero-order valence-corrected chi connectivity index (χ0v) is 17.3. The lowest BCUT2D eigenvalue weighted by Gasteiger charge is -2.47. The highest BCUT2D eigenvalue weighted by molar-refractivity contribution is 7.82. The first-order valence-electron chi connectivity index (χ1n) is 9.05. The van der Waals surface area contributed by atoms with E-state index in [1.165, 1.54) is 13.2 Å². The van der Waals surface area contributed by atoms with Crippen molar-refractivity contribution in [1.29, 1.82) is 10.5 Å². The Hall–Kier alpha value is -2.98. The summed E-state index contributed by atoms with van der Waals surface area (Å²) < 4.78 is 39.3. The van der Waals surface area contributed by atoms with Crippen LogP contribution < -0.4 is 9.47 Å².